The van der Waals surface area contributed by atoms with Crippen LogP contribution < -0.4 is 5.32 Å². The number of benzene rings is 1. The van der Waals surface area contributed by atoms with Gasteiger partial charge in [-0.15, -0.1) is 0 Å². The van der Waals surface area contributed by atoms with Gasteiger partial charge in [0.05, 0.1) is 24.7 Å². The van der Waals surface area contributed by atoms with Crippen LogP contribution in [0.3, 0.4) is 0 Å². The molecule has 32 heavy (non-hydrogen) atoms. The Morgan fingerprint density at radius 3 is 2.66 bits per heavy atom. The number of piperidine rings is 1. The van der Waals surface area contributed by atoms with E-state index in [1.54, 1.807) is 6.92 Å². The molecule has 7 heteroatoms. The van der Waals surface area contributed by atoms with Crippen molar-refractivity contribution in [3.05, 3.63) is 52.0 Å². The molecule has 1 N–H and O–H groups in total. The highest BCUT2D eigenvalue weighted by atomic mass is 16.2. The average molecular weight is 436 g/mol. The second kappa shape index (κ2) is 9.27. The number of likely N-dealkylation sites (tertiary alicyclic amines) is 1. The number of hydrogen-bond donors (Lipinski definition) is 1. The standard InChI is InChI=1S/C25H33N5O2/c1-16-8-9-19(13-17(16)2)14-23(32)30-11-6-5-7-22(30)25-27-21-10-12-29(18(3)31)15-20(21)24(26-4)28-25/h8-9,13,22H,5-7,10-12,14-15H2,1-4H3,(H,26,27,28). The minimum absolute atomic E-state index is 0.0668. The van der Waals surface area contributed by atoms with Gasteiger partial charge in [-0.25, -0.2) is 9.97 Å². The number of carbonyl (C=O) groups is 2. The van der Waals surface area contributed by atoms with Gasteiger partial charge in [0.15, 0.2) is 5.82 Å². The van der Waals surface area contributed by atoms with E-state index in [-0.39, 0.29) is 17.9 Å². The summed E-state index contributed by atoms with van der Waals surface area (Å²) in [5.41, 5.74) is 5.48. The summed E-state index contributed by atoms with van der Waals surface area (Å²) in [7, 11) is 1.85. The molecule has 4 rings (SSSR count). The summed E-state index contributed by atoms with van der Waals surface area (Å²) in [5, 5.41) is 3.20. The van der Waals surface area contributed by atoms with Gasteiger partial charge in [-0.1, -0.05) is 18.2 Å². The molecule has 170 valence electrons. The summed E-state index contributed by atoms with van der Waals surface area (Å²) in [5.74, 6) is 1.69. The van der Waals surface area contributed by atoms with E-state index in [9.17, 15) is 9.59 Å². The van der Waals surface area contributed by atoms with Gasteiger partial charge in [0.25, 0.3) is 0 Å². The summed E-state index contributed by atoms with van der Waals surface area (Å²) in [4.78, 5) is 38.7. The Hall–Kier alpha value is -2.96. The predicted octanol–water partition coefficient (Wildman–Crippen LogP) is 3.34. The van der Waals surface area contributed by atoms with Crippen LogP contribution in [0.5, 0.6) is 0 Å². The Kier molecular flexibility index (Phi) is 6.44. The third-order valence-corrected chi connectivity index (χ3v) is 6.81. The van der Waals surface area contributed by atoms with Crippen molar-refractivity contribution >= 4 is 17.6 Å². The summed E-state index contributed by atoms with van der Waals surface area (Å²) in [6.45, 7) is 7.70. The Labute approximate surface area is 190 Å². The maximum Gasteiger partial charge on any atom is 0.227 e. The first kappa shape index (κ1) is 22.2. The van der Waals surface area contributed by atoms with Crippen LogP contribution in [0.25, 0.3) is 0 Å². The van der Waals surface area contributed by atoms with E-state index in [0.29, 0.717) is 25.9 Å². The Bertz CT molecular complexity index is 1020. The van der Waals surface area contributed by atoms with Gasteiger partial charge in [0.2, 0.25) is 11.8 Å². The maximum absolute atomic E-state index is 13.3. The normalized spacial score (nSPS) is 18.3. The molecular weight excluding hydrogens is 402 g/mol. The van der Waals surface area contributed by atoms with Gasteiger partial charge in [-0.05, 0) is 49.8 Å². The van der Waals surface area contributed by atoms with Crippen LogP contribution in [0.1, 0.15) is 66.0 Å². The topological polar surface area (TPSA) is 78.4 Å². The molecule has 2 aliphatic heterocycles. The number of nitrogens with one attached hydrogen (secondary N) is 1. The summed E-state index contributed by atoms with van der Waals surface area (Å²) >= 11 is 0. The second-order valence-electron chi connectivity index (χ2n) is 8.99. The van der Waals surface area contributed by atoms with E-state index >= 15 is 0 Å². The van der Waals surface area contributed by atoms with Crippen LogP contribution in [-0.2, 0) is 29.0 Å². The van der Waals surface area contributed by atoms with E-state index in [1.165, 1.54) is 11.1 Å². The van der Waals surface area contributed by atoms with E-state index in [2.05, 4.69) is 37.4 Å². The molecular formula is C25H33N5O2. The van der Waals surface area contributed by atoms with E-state index in [4.69, 9.17) is 9.97 Å². The van der Waals surface area contributed by atoms with Gasteiger partial charge in [-0.2, -0.15) is 0 Å². The molecule has 2 aromatic rings. The molecule has 1 fully saturated rings. The minimum Gasteiger partial charge on any atom is -0.373 e. The highest BCUT2D eigenvalue weighted by Crippen LogP contribution is 2.33. The van der Waals surface area contributed by atoms with Crippen molar-refractivity contribution in [1.29, 1.82) is 0 Å². The number of amides is 2. The lowest BCUT2D eigenvalue weighted by atomic mass is 9.98. The van der Waals surface area contributed by atoms with Gasteiger partial charge in [-0.3, -0.25) is 9.59 Å². The minimum atomic E-state index is -0.106. The van der Waals surface area contributed by atoms with Crippen molar-refractivity contribution in [3.8, 4) is 0 Å². The molecule has 0 aliphatic carbocycles. The SMILES string of the molecule is CNc1nc(C2CCCCN2C(=O)Cc2ccc(C)c(C)c2)nc2c1CN(C(C)=O)CC2. The van der Waals surface area contributed by atoms with Gasteiger partial charge < -0.3 is 15.1 Å². The van der Waals surface area contributed by atoms with Crippen LogP contribution in [0.4, 0.5) is 5.82 Å². The average Bonchev–Trinajstić information content (AvgIpc) is 2.80. The lowest BCUT2D eigenvalue weighted by Crippen LogP contribution is -2.41. The highest BCUT2D eigenvalue weighted by molar-refractivity contribution is 5.79. The lowest BCUT2D eigenvalue weighted by Gasteiger charge is -2.36. The number of fused-ring (bicyclic) bond motifs is 1. The number of carbonyl (C=O) groups excluding carboxylic acids is 2. The molecule has 3 heterocycles. The number of rotatable bonds is 4. The molecule has 1 aromatic carbocycles. The number of aryl methyl sites for hydroxylation is 2. The van der Waals surface area contributed by atoms with Crippen molar-refractivity contribution in [2.45, 2.75) is 65.5 Å². The highest BCUT2D eigenvalue weighted by Gasteiger charge is 2.32. The Morgan fingerprint density at radius 2 is 1.94 bits per heavy atom. The van der Waals surface area contributed by atoms with Crippen molar-refractivity contribution in [2.24, 2.45) is 0 Å². The molecule has 0 bridgehead atoms. The van der Waals surface area contributed by atoms with E-state index < -0.39 is 0 Å². The van der Waals surface area contributed by atoms with Crippen LogP contribution >= 0.6 is 0 Å². The third kappa shape index (κ3) is 4.47. The van der Waals surface area contributed by atoms with Gasteiger partial charge >= 0.3 is 0 Å². The molecule has 1 saturated heterocycles. The van der Waals surface area contributed by atoms with Crippen LogP contribution in [0, 0.1) is 13.8 Å². The summed E-state index contributed by atoms with van der Waals surface area (Å²) < 4.78 is 0. The molecule has 1 atom stereocenters. The fraction of sp³-hybridized carbons (Fsp3) is 0.520. The quantitative estimate of drug-likeness (QED) is 0.797. The molecule has 1 unspecified atom stereocenters. The molecule has 2 aliphatic rings. The zero-order valence-corrected chi connectivity index (χ0v) is 19.6. The molecule has 2 amide bonds. The van der Waals surface area contributed by atoms with Crippen molar-refractivity contribution in [2.75, 3.05) is 25.5 Å². The molecule has 1 aromatic heterocycles. The first-order valence-electron chi connectivity index (χ1n) is 11.6. The maximum atomic E-state index is 13.3. The molecule has 7 nitrogen and oxygen atoms in total. The molecule has 0 spiro atoms. The number of anilines is 1. The summed E-state index contributed by atoms with van der Waals surface area (Å²) in [6, 6.07) is 6.14. The first-order chi connectivity index (χ1) is 15.4. The predicted molar refractivity (Wildman–Crippen MR) is 124 cm³/mol. The smallest absolute Gasteiger partial charge is 0.227 e. The van der Waals surface area contributed by atoms with Crippen LogP contribution in [0.15, 0.2) is 18.2 Å². The zero-order valence-electron chi connectivity index (χ0n) is 19.6. The monoisotopic (exact) mass is 435 g/mol. The van der Waals surface area contributed by atoms with Gasteiger partial charge in [0.1, 0.15) is 5.82 Å². The fourth-order valence-electron chi connectivity index (χ4n) is 4.75. The third-order valence-electron chi connectivity index (χ3n) is 6.81. The lowest BCUT2D eigenvalue weighted by molar-refractivity contribution is -0.134. The van der Waals surface area contributed by atoms with E-state index in [0.717, 1.165) is 54.3 Å². The van der Waals surface area contributed by atoms with E-state index in [1.807, 2.05) is 16.8 Å². The first-order valence-corrected chi connectivity index (χ1v) is 11.6. The number of nitrogens with zero attached hydrogens (tertiary/aromatic N) is 4. The van der Waals surface area contributed by atoms with Crippen molar-refractivity contribution in [1.82, 2.24) is 19.8 Å². The largest absolute Gasteiger partial charge is 0.373 e. The van der Waals surface area contributed by atoms with Crippen molar-refractivity contribution < 1.29 is 9.59 Å². The summed E-state index contributed by atoms with van der Waals surface area (Å²) in [6.07, 6.45) is 4.05. The van der Waals surface area contributed by atoms with Crippen LogP contribution in [-0.4, -0.2) is 51.7 Å². The van der Waals surface area contributed by atoms with Crippen LogP contribution in [0.2, 0.25) is 0 Å². The number of hydrogen-bond acceptors (Lipinski definition) is 5. The number of aromatic nitrogens is 2. The second-order valence-corrected chi connectivity index (χ2v) is 8.99. The fourth-order valence-corrected chi connectivity index (χ4v) is 4.75. The Morgan fingerprint density at radius 1 is 1.12 bits per heavy atom. The van der Waals surface area contributed by atoms with Gasteiger partial charge in [0, 0.05) is 39.0 Å². The Balaban J connectivity index is 1.60. The van der Waals surface area contributed by atoms with Crippen molar-refractivity contribution in [3.63, 3.8) is 0 Å². The zero-order chi connectivity index (χ0) is 22.8. The molecule has 0 radical (unpaired) electrons. The molecule has 0 saturated carbocycles.